The molecule has 1 aliphatic heterocycles. The predicted octanol–water partition coefficient (Wildman–Crippen LogP) is 3.68. The molecule has 0 aromatic heterocycles. The zero-order chi connectivity index (χ0) is 15.0. The second-order valence-corrected chi connectivity index (χ2v) is 6.54. The van der Waals surface area contributed by atoms with Gasteiger partial charge in [0.2, 0.25) is 0 Å². The molecule has 0 saturated carbocycles. The van der Waals surface area contributed by atoms with Gasteiger partial charge in [-0.3, -0.25) is 4.79 Å². The summed E-state index contributed by atoms with van der Waals surface area (Å²) in [6.45, 7) is 10.2. The lowest BCUT2D eigenvalue weighted by molar-refractivity contribution is -0.142. The molecule has 3 nitrogen and oxygen atoms in total. The molecule has 0 bridgehead atoms. The van der Waals surface area contributed by atoms with E-state index < -0.39 is 11.4 Å². The van der Waals surface area contributed by atoms with Crippen LogP contribution in [0.1, 0.15) is 46.1 Å². The molecule has 20 heavy (non-hydrogen) atoms. The van der Waals surface area contributed by atoms with Crippen molar-refractivity contribution in [2.45, 2.75) is 46.0 Å². The Morgan fingerprint density at radius 1 is 1.20 bits per heavy atom. The highest BCUT2D eigenvalue weighted by molar-refractivity contribution is 5.80. The maximum absolute atomic E-state index is 11.3. The molecule has 0 aliphatic carbocycles. The van der Waals surface area contributed by atoms with Crippen molar-refractivity contribution in [3.63, 3.8) is 0 Å². The number of carboxylic acid groups (broad SMARTS) is 1. The fourth-order valence-corrected chi connectivity index (χ4v) is 2.86. The highest BCUT2D eigenvalue weighted by Crippen LogP contribution is 2.40. The van der Waals surface area contributed by atoms with Gasteiger partial charge >= 0.3 is 5.97 Å². The van der Waals surface area contributed by atoms with Crippen LogP contribution < -0.4 is 4.90 Å². The van der Waals surface area contributed by atoms with Crippen molar-refractivity contribution in [2.24, 2.45) is 5.41 Å². The van der Waals surface area contributed by atoms with E-state index in [4.69, 9.17) is 0 Å². The molecule has 1 saturated heterocycles. The van der Waals surface area contributed by atoms with Gasteiger partial charge in [-0.1, -0.05) is 26.0 Å². The smallest absolute Gasteiger partial charge is 0.313 e. The third kappa shape index (κ3) is 2.41. The number of aliphatic carboxylic acids is 1. The van der Waals surface area contributed by atoms with Crippen LogP contribution in [-0.4, -0.2) is 24.2 Å². The molecule has 3 heteroatoms. The van der Waals surface area contributed by atoms with Crippen molar-refractivity contribution in [1.29, 1.82) is 0 Å². The molecule has 0 amide bonds. The van der Waals surface area contributed by atoms with Crippen LogP contribution in [0, 0.1) is 5.41 Å². The Balaban J connectivity index is 2.09. The summed E-state index contributed by atoms with van der Waals surface area (Å²) in [7, 11) is 0. The summed E-state index contributed by atoms with van der Waals surface area (Å²) in [5.74, 6) is -0.787. The van der Waals surface area contributed by atoms with Crippen LogP contribution in [0.4, 0.5) is 5.69 Å². The number of anilines is 1. The van der Waals surface area contributed by atoms with Gasteiger partial charge in [0, 0.05) is 24.2 Å². The Morgan fingerprint density at radius 2 is 1.70 bits per heavy atom. The molecule has 1 N–H and O–H groups in total. The van der Waals surface area contributed by atoms with Gasteiger partial charge < -0.3 is 10.0 Å². The summed E-state index contributed by atoms with van der Waals surface area (Å²) in [5, 5.41) is 9.25. The second kappa shape index (κ2) is 5.12. The van der Waals surface area contributed by atoms with Crippen molar-refractivity contribution in [3.8, 4) is 0 Å². The number of hydrogen-bond acceptors (Lipinski definition) is 2. The van der Waals surface area contributed by atoms with Crippen molar-refractivity contribution >= 4 is 11.7 Å². The first-order valence-electron chi connectivity index (χ1n) is 7.43. The zero-order valence-electron chi connectivity index (χ0n) is 12.9. The van der Waals surface area contributed by atoms with Crippen LogP contribution in [0.2, 0.25) is 0 Å². The normalized spacial score (nSPS) is 17.7. The summed E-state index contributed by atoms with van der Waals surface area (Å²) in [6, 6.07) is 7.99. The number of rotatable bonds is 5. The molecule has 110 valence electrons. The largest absolute Gasteiger partial charge is 0.481 e. The van der Waals surface area contributed by atoms with Crippen LogP contribution in [0.15, 0.2) is 24.3 Å². The minimum absolute atomic E-state index is 0.485. The van der Waals surface area contributed by atoms with Gasteiger partial charge in [-0.15, -0.1) is 0 Å². The molecule has 1 heterocycles. The number of carbonyl (C=O) groups is 1. The number of benzene rings is 1. The first-order valence-corrected chi connectivity index (χ1v) is 7.43. The summed E-state index contributed by atoms with van der Waals surface area (Å²) in [5.41, 5.74) is 1.71. The average Bonchev–Trinajstić information content (AvgIpc) is 2.39. The van der Waals surface area contributed by atoms with E-state index in [1.807, 2.05) is 12.1 Å². The van der Waals surface area contributed by atoms with E-state index in [1.165, 1.54) is 18.5 Å². The monoisotopic (exact) mass is 275 g/mol. The summed E-state index contributed by atoms with van der Waals surface area (Å²) in [4.78, 5) is 13.6. The predicted molar refractivity (Wildman–Crippen MR) is 82.3 cm³/mol. The first kappa shape index (κ1) is 14.9. The molecule has 1 aromatic carbocycles. The topological polar surface area (TPSA) is 40.5 Å². The van der Waals surface area contributed by atoms with Crippen molar-refractivity contribution in [3.05, 3.63) is 29.8 Å². The summed E-state index contributed by atoms with van der Waals surface area (Å²) in [6.07, 6.45) is 2.45. The number of hydrogen-bond donors (Lipinski definition) is 1. The van der Waals surface area contributed by atoms with Gasteiger partial charge in [0.15, 0.2) is 0 Å². The maximum atomic E-state index is 11.3. The third-order valence-electron chi connectivity index (χ3n) is 5.04. The van der Waals surface area contributed by atoms with E-state index in [2.05, 4.69) is 30.9 Å². The SMILES string of the molecule is CCC1(CC)CN(c2ccc(C(C)(C)C(=O)O)cc2)C1. The second-order valence-electron chi connectivity index (χ2n) is 6.54. The zero-order valence-corrected chi connectivity index (χ0v) is 12.9. The fourth-order valence-electron chi connectivity index (χ4n) is 2.86. The Kier molecular flexibility index (Phi) is 3.81. The lowest BCUT2D eigenvalue weighted by atomic mass is 9.75. The molecular weight excluding hydrogens is 250 g/mol. The average molecular weight is 275 g/mol. The van der Waals surface area contributed by atoms with E-state index in [9.17, 15) is 9.90 Å². The quantitative estimate of drug-likeness (QED) is 0.891. The van der Waals surface area contributed by atoms with Crippen molar-refractivity contribution in [2.75, 3.05) is 18.0 Å². The third-order valence-corrected chi connectivity index (χ3v) is 5.04. The Labute approximate surface area is 121 Å². The summed E-state index contributed by atoms with van der Waals surface area (Å²) >= 11 is 0. The lowest BCUT2D eigenvalue weighted by Crippen LogP contribution is -2.55. The maximum Gasteiger partial charge on any atom is 0.313 e. The van der Waals surface area contributed by atoms with E-state index in [0.29, 0.717) is 5.41 Å². The number of carboxylic acids is 1. The van der Waals surface area contributed by atoms with Crippen LogP contribution in [-0.2, 0) is 10.2 Å². The standard InChI is InChI=1S/C17H25NO2/c1-5-17(6-2)11-18(12-17)14-9-7-13(8-10-14)16(3,4)15(19)20/h7-10H,5-6,11-12H2,1-4H3,(H,19,20). The molecule has 2 rings (SSSR count). The van der Waals surface area contributed by atoms with Gasteiger partial charge in [-0.2, -0.15) is 0 Å². The molecule has 1 fully saturated rings. The van der Waals surface area contributed by atoms with Gasteiger partial charge in [0.25, 0.3) is 0 Å². The van der Waals surface area contributed by atoms with Gasteiger partial charge in [-0.05, 0) is 44.4 Å². The highest BCUT2D eigenvalue weighted by atomic mass is 16.4. The minimum Gasteiger partial charge on any atom is -0.481 e. The minimum atomic E-state index is -0.829. The van der Waals surface area contributed by atoms with Gasteiger partial charge in [-0.25, -0.2) is 0 Å². The van der Waals surface area contributed by atoms with Gasteiger partial charge in [0.1, 0.15) is 0 Å². The highest BCUT2D eigenvalue weighted by Gasteiger charge is 2.39. The Hall–Kier alpha value is -1.51. The Bertz CT molecular complexity index is 478. The molecule has 0 radical (unpaired) electrons. The van der Waals surface area contributed by atoms with Gasteiger partial charge in [0.05, 0.1) is 5.41 Å². The molecule has 1 aliphatic rings. The van der Waals surface area contributed by atoms with Crippen LogP contribution in [0.3, 0.4) is 0 Å². The molecule has 0 spiro atoms. The molecule has 1 aromatic rings. The van der Waals surface area contributed by atoms with Crippen molar-refractivity contribution in [1.82, 2.24) is 0 Å². The van der Waals surface area contributed by atoms with Crippen LogP contribution >= 0.6 is 0 Å². The van der Waals surface area contributed by atoms with E-state index in [1.54, 1.807) is 13.8 Å². The van der Waals surface area contributed by atoms with Crippen LogP contribution in [0.25, 0.3) is 0 Å². The fraction of sp³-hybridized carbons (Fsp3) is 0.588. The number of nitrogens with zero attached hydrogens (tertiary/aromatic N) is 1. The Morgan fingerprint density at radius 3 is 2.10 bits per heavy atom. The first-order chi connectivity index (χ1) is 9.34. The molecular formula is C17H25NO2. The van der Waals surface area contributed by atoms with E-state index in [-0.39, 0.29) is 0 Å². The lowest BCUT2D eigenvalue weighted by Gasteiger charge is -2.51. The van der Waals surface area contributed by atoms with E-state index in [0.717, 1.165) is 18.7 Å². The molecule has 0 atom stereocenters. The summed E-state index contributed by atoms with van der Waals surface area (Å²) < 4.78 is 0. The molecule has 0 unspecified atom stereocenters. The van der Waals surface area contributed by atoms with Crippen LogP contribution in [0.5, 0.6) is 0 Å². The van der Waals surface area contributed by atoms with E-state index >= 15 is 0 Å². The van der Waals surface area contributed by atoms with Crippen molar-refractivity contribution < 1.29 is 9.90 Å².